The Hall–Kier alpha value is -0.850. The molecule has 0 aromatic rings. The standard InChI is InChI=1S/C19H31N3O3/c1-20-18(22-8-11-24-15(12-22)14-4-2-9-23-14)21-16-13-5-10-25-17(13)19(16)6-3-7-19/h13-17H,2-12H2,1H3,(H,20,21). The van der Waals surface area contributed by atoms with Gasteiger partial charge in [-0.3, -0.25) is 4.99 Å². The number of aliphatic imine (C=N–C) groups is 1. The molecule has 5 atom stereocenters. The summed E-state index contributed by atoms with van der Waals surface area (Å²) in [7, 11) is 1.91. The van der Waals surface area contributed by atoms with Crippen molar-refractivity contribution in [1.82, 2.24) is 10.2 Å². The molecule has 5 rings (SSSR count). The largest absolute Gasteiger partial charge is 0.377 e. The van der Waals surface area contributed by atoms with Crippen molar-refractivity contribution < 1.29 is 14.2 Å². The topological polar surface area (TPSA) is 55.3 Å². The normalized spacial score (nSPS) is 42.8. The van der Waals surface area contributed by atoms with Crippen LogP contribution in [0.1, 0.15) is 38.5 Å². The second kappa shape index (κ2) is 6.39. The Morgan fingerprint density at radius 3 is 2.64 bits per heavy atom. The summed E-state index contributed by atoms with van der Waals surface area (Å²) in [6, 6.07) is 0.538. The number of nitrogens with one attached hydrogen (secondary N) is 1. The molecule has 5 fully saturated rings. The van der Waals surface area contributed by atoms with E-state index in [4.69, 9.17) is 14.2 Å². The van der Waals surface area contributed by atoms with Crippen LogP contribution in [0.5, 0.6) is 0 Å². The maximum Gasteiger partial charge on any atom is 0.194 e. The van der Waals surface area contributed by atoms with Gasteiger partial charge in [0.25, 0.3) is 0 Å². The highest BCUT2D eigenvalue weighted by atomic mass is 16.5. The summed E-state index contributed by atoms with van der Waals surface area (Å²) >= 11 is 0. The average Bonchev–Trinajstić information content (AvgIpc) is 3.25. The molecule has 2 aliphatic carbocycles. The number of hydrogen-bond donors (Lipinski definition) is 1. The minimum Gasteiger partial charge on any atom is -0.377 e. The van der Waals surface area contributed by atoms with Crippen LogP contribution in [0, 0.1) is 11.3 Å². The Balaban J connectivity index is 1.26. The van der Waals surface area contributed by atoms with Crippen LogP contribution in [0.3, 0.4) is 0 Å². The number of morpholine rings is 1. The van der Waals surface area contributed by atoms with Crippen molar-refractivity contribution in [3.63, 3.8) is 0 Å². The van der Waals surface area contributed by atoms with E-state index in [0.717, 1.165) is 51.7 Å². The summed E-state index contributed by atoms with van der Waals surface area (Å²) in [5.41, 5.74) is 0.386. The number of rotatable bonds is 2. The zero-order chi connectivity index (χ0) is 16.9. The third kappa shape index (κ3) is 2.52. The van der Waals surface area contributed by atoms with E-state index in [-0.39, 0.29) is 12.2 Å². The molecule has 1 N–H and O–H groups in total. The third-order valence-corrected chi connectivity index (χ3v) is 7.31. The van der Waals surface area contributed by atoms with Gasteiger partial charge in [-0.2, -0.15) is 0 Å². The lowest BCUT2D eigenvalue weighted by Gasteiger charge is -2.63. The van der Waals surface area contributed by atoms with E-state index in [2.05, 4.69) is 15.2 Å². The lowest BCUT2D eigenvalue weighted by molar-refractivity contribution is -0.172. The Bertz CT molecular complexity index is 530. The van der Waals surface area contributed by atoms with Gasteiger partial charge in [0.15, 0.2) is 5.96 Å². The number of nitrogens with zero attached hydrogens (tertiary/aromatic N) is 2. The van der Waals surface area contributed by atoms with E-state index in [1.807, 2.05) is 7.05 Å². The van der Waals surface area contributed by atoms with Crippen molar-refractivity contribution in [3.05, 3.63) is 0 Å². The van der Waals surface area contributed by atoms with Gasteiger partial charge in [-0.25, -0.2) is 0 Å². The summed E-state index contributed by atoms with van der Waals surface area (Å²) in [5, 5.41) is 3.85. The van der Waals surface area contributed by atoms with Gasteiger partial charge in [0, 0.05) is 50.7 Å². The molecule has 2 saturated carbocycles. The molecule has 0 radical (unpaired) electrons. The monoisotopic (exact) mass is 349 g/mol. The molecule has 5 unspecified atom stereocenters. The molecule has 140 valence electrons. The molecular weight excluding hydrogens is 318 g/mol. The molecule has 5 aliphatic rings. The van der Waals surface area contributed by atoms with Crippen molar-refractivity contribution >= 4 is 5.96 Å². The molecule has 3 aliphatic heterocycles. The van der Waals surface area contributed by atoms with Gasteiger partial charge in [0.1, 0.15) is 6.10 Å². The molecular formula is C19H31N3O3. The van der Waals surface area contributed by atoms with Crippen LogP contribution in [0.15, 0.2) is 4.99 Å². The highest BCUT2D eigenvalue weighted by Gasteiger charge is 2.66. The van der Waals surface area contributed by atoms with Crippen LogP contribution in [-0.2, 0) is 14.2 Å². The van der Waals surface area contributed by atoms with Gasteiger partial charge >= 0.3 is 0 Å². The van der Waals surface area contributed by atoms with Crippen LogP contribution >= 0.6 is 0 Å². The highest BCUT2D eigenvalue weighted by molar-refractivity contribution is 5.80. The van der Waals surface area contributed by atoms with Crippen LogP contribution in [-0.4, -0.2) is 75.2 Å². The fourth-order valence-electron chi connectivity index (χ4n) is 5.88. The van der Waals surface area contributed by atoms with Crippen molar-refractivity contribution in [1.29, 1.82) is 0 Å². The highest BCUT2D eigenvalue weighted by Crippen LogP contribution is 2.62. The Morgan fingerprint density at radius 1 is 1.04 bits per heavy atom. The maximum atomic E-state index is 6.06. The predicted octanol–water partition coefficient (Wildman–Crippen LogP) is 1.40. The van der Waals surface area contributed by atoms with Gasteiger partial charge < -0.3 is 24.4 Å². The molecule has 0 aromatic heterocycles. The van der Waals surface area contributed by atoms with E-state index in [0.29, 0.717) is 23.5 Å². The minimum atomic E-state index is 0.177. The lowest BCUT2D eigenvalue weighted by Crippen LogP contribution is -2.73. The van der Waals surface area contributed by atoms with Crippen LogP contribution < -0.4 is 5.32 Å². The van der Waals surface area contributed by atoms with E-state index >= 15 is 0 Å². The summed E-state index contributed by atoms with van der Waals surface area (Å²) in [4.78, 5) is 7.01. The van der Waals surface area contributed by atoms with Crippen molar-refractivity contribution in [2.75, 3.05) is 40.0 Å². The first kappa shape index (κ1) is 16.3. The van der Waals surface area contributed by atoms with Gasteiger partial charge in [0.2, 0.25) is 0 Å². The lowest BCUT2D eigenvalue weighted by atomic mass is 9.46. The molecule has 6 nitrogen and oxygen atoms in total. The number of ether oxygens (including phenoxy) is 3. The Kier molecular flexibility index (Phi) is 4.18. The average molecular weight is 349 g/mol. The molecule has 6 heteroatoms. The zero-order valence-corrected chi connectivity index (χ0v) is 15.3. The van der Waals surface area contributed by atoms with E-state index in [1.165, 1.54) is 25.7 Å². The number of guanidine groups is 1. The van der Waals surface area contributed by atoms with Crippen LogP contribution in [0.2, 0.25) is 0 Å². The summed E-state index contributed by atoms with van der Waals surface area (Å²) in [6.07, 6.45) is 8.38. The van der Waals surface area contributed by atoms with Crippen LogP contribution in [0.4, 0.5) is 0 Å². The number of fused-ring (bicyclic) bond motifs is 2. The fraction of sp³-hybridized carbons (Fsp3) is 0.947. The second-order valence-corrected chi connectivity index (χ2v) is 8.41. The van der Waals surface area contributed by atoms with Crippen molar-refractivity contribution in [2.24, 2.45) is 16.3 Å². The third-order valence-electron chi connectivity index (χ3n) is 7.31. The van der Waals surface area contributed by atoms with Crippen molar-refractivity contribution in [2.45, 2.75) is 62.9 Å². The Morgan fingerprint density at radius 2 is 1.92 bits per heavy atom. The van der Waals surface area contributed by atoms with Gasteiger partial charge in [-0.05, 0) is 32.1 Å². The predicted molar refractivity (Wildman–Crippen MR) is 94.7 cm³/mol. The number of hydrogen-bond acceptors (Lipinski definition) is 4. The molecule has 3 saturated heterocycles. The first-order valence-electron chi connectivity index (χ1n) is 10.1. The van der Waals surface area contributed by atoms with Crippen LogP contribution in [0.25, 0.3) is 0 Å². The maximum absolute atomic E-state index is 6.06. The molecule has 0 aromatic carbocycles. The second-order valence-electron chi connectivity index (χ2n) is 8.41. The van der Waals surface area contributed by atoms with E-state index in [9.17, 15) is 0 Å². The molecule has 0 bridgehead atoms. The van der Waals surface area contributed by atoms with Gasteiger partial charge in [-0.15, -0.1) is 0 Å². The smallest absolute Gasteiger partial charge is 0.194 e. The fourth-order valence-corrected chi connectivity index (χ4v) is 5.88. The minimum absolute atomic E-state index is 0.177. The molecule has 1 spiro atoms. The quantitative estimate of drug-likeness (QED) is 0.603. The van der Waals surface area contributed by atoms with Gasteiger partial charge in [-0.1, -0.05) is 6.42 Å². The summed E-state index contributed by atoms with van der Waals surface area (Å²) in [6.45, 7) is 4.37. The first-order chi connectivity index (χ1) is 12.3. The first-order valence-corrected chi connectivity index (χ1v) is 10.1. The zero-order valence-electron chi connectivity index (χ0n) is 15.3. The van der Waals surface area contributed by atoms with E-state index < -0.39 is 0 Å². The summed E-state index contributed by atoms with van der Waals surface area (Å²) in [5.74, 6) is 1.72. The molecule has 25 heavy (non-hydrogen) atoms. The van der Waals surface area contributed by atoms with Crippen molar-refractivity contribution in [3.8, 4) is 0 Å². The molecule has 3 heterocycles. The molecule has 0 amide bonds. The Labute approximate surface area is 150 Å². The summed E-state index contributed by atoms with van der Waals surface area (Å²) < 4.78 is 17.9. The van der Waals surface area contributed by atoms with E-state index in [1.54, 1.807) is 0 Å². The SMILES string of the molecule is CN=C(NC1C2CCOC2C12CCC2)N1CCOC(C2CCCO2)C1. The van der Waals surface area contributed by atoms with Gasteiger partial charge in [0.05, 0.1) is 18.8 Å².